The predicted molar refractivity (Wildman–Crippen MR) is 90.1 cm³/mol. The number of aromatic nitrogens is 3. The van der Waals surface area contributed by atoms with Crippen molar-refractivity contribution in [1.29, 1.82) is 0 Å². The molecule has 1 aliphatic rings. The minimum atomic E-state index is 0.157. The zero-order valence-corrected chi connectivity index (χ0v) is 14.2. The summed E-state index contributed by atoms with van der Waals surface area (Å²) in [7, 11) is 0. The molecule has 0 radical (unpaired) electrons. The molecule has 0 aliphatic carbocycles. The normalized spacial score (nSPS) is 22.4. The van der Waals surface area contributed by atoms with E-state index in [2.05, 4.69) is 48.4 Å². The molecule has 5 heteroatoms. The standard InChI is InChI=1S/C18H26N4O/c1-4-22-12-16(10-21-22)18-15(6-8-23-18)9-20-14(3)17-11-19-7-5-13(17)2/h5,7,10-12,14-15,18,20H,4,6,8-9H2,1-3H3/t14?,15-,18+/m0/s1. The van der Waals surface area contributed by atoms with Gasteiger partial charge in [-0.3, -0.25) is 9.67 Å². The lowest BCUT2D eigenvalue weighted by Gasteiger charge is -2.22. The van der Waals surface area contributed by atoms with Gasteiger partial charge in [-0.05, 0) is 44.4 Å². The highest BCUT2D eigenvalue weighted by molar-refractivity contribution is 5.24. The fourth-order valence-electron chi connectivity index (χ4n) is 3.28. The van der Waals surface area contributed by atoms with E-state index >= 15 is 0 Å². The lowest BCUT2D eigenvalue weighted by atomic mass is 9.96. The van der Waals surface area contributed by atoms with E-state index in [-0.39, 0.29) is 6.10 Å². The monoisotopic (exact) mass is 314 g/mol. The highest BCUT2D eigenvalue weighted by Gasteiger charge is 2.30. The number of pyridine rings is 1. The molecule has 1 saturated heterocycles. The van der Waals surface area contributed by atoms with E-state index in [1.54, 1.807) is 0 Å². The Morgan fingerprint density at radius 3 is 3.04 bits per heavy atom. The SMILES string of the molecule is CCn1cc([C@@H]2OCC[C@H]2CNC(C)c2cnccc2C)cn1. The second-order valence-corrected chi connectivity index (χ2v) is 6.33. The first-order chi connectivity index (χ1) is 11.2. The molecule has 0 amide bonds. The van der Waals surface area contributed by atoms with Crippen LogP contribution in [0.4, 0.5) is 0 Å². The lowest BCUT2D eigenvalue weighted by Crippen LogP contribution is -2.27. The maximum Gasteiger partial charge on any atom is 0.0896 e. The number of rotatable bonds is 6. The summed E-state index contributed by atoms with van der Waals surface area (Å²) in [6, 6.07) is 2.36. The lowest BCUT2D eigenvalue weighted by molar-refractivity contribution is 0.0898. The number of nitrogens with zero attached hydrogens (tertiary/aromatic N) is 3. The maximum absolute atomic E-state index is 5.97. The Hall–Kier alpha value is -1.72. The summed E-state index contributed by atoms with van der Waals surface area (Å²) in [5.41, 5.74) is 3.74. The summed E-state index contributed by atoms with van der Waals surface area (Å²) >= 11 is 0. The Labute approximate surface area is 138 Å². The molecule has 1 N–H and O–H groups in total. The molecule has 2 aromatic rings. The first-order valence-corrected chi connectivity index (χ1v) is 8.47. The molecule has 1 aliphatic heterocycles. The van der Waals surface area contributed by atoms with Gasteiger partial charge in [0.25, 0.3) is 0 Å². The van der Waals surface area contributed by atoms with Gasteiger partial charge in [0.15, 0.2) is 0 Å². The zero-order chi connectivity index (χ0) is 16.2. The number of hydrogen-bond donors (Lipinski definition) is 1. The quantitative estimate of drug-likeness (QED) is 0.890. The Bertz CT molecular complexity index is 639. The van der Waals surface area contributed by atoms with E-state index in [1.165, 1.54) is 16.7 Å². The molecule has 0 aromatic carbocycles. The van der Waals surface area contributed by atoms with Gasteiger partial charge in [0.1, 0.15) is 0 Å². The van der Waals surface area contributed by atoms with Gasteiger partial charge in [-0.1, -0.05) is 0 Å². The first-order valence-electron chi connectivity index (χ1n) is 8.47. The zero-order valence-electron chi connectivity index (χ0n) is 14.2. The summed E-state index contributed by atoms with van der Waals surface area (Å²) in [4.78, 5) is 4.25. The van der Waals surface area contributed by atoms with Crippen molar-refractivity contribution in [2.45, 2.75) is 45.9 Å². The van der Waals surface area contributed by atoms with Gasteiger partial charge in [-0.2, -0.15) is 5.10 Å². The van der Waals surface area contributed by atoms with Gasteiger partial charge in [0, 0.05) is 55.8 Å². The van der Waals surface area contributed by atoms with E-state index in [1.807, 2.05) is 23.3 Å². The van der Waals surface area contributed by atoms with Crippen molar-refractivity contribution in [2.24, 2.45) is 5.92 Å². The minimum Gasteiger partial charge on any atom is -0.373 e. The van der Waals surface area contributed by atoms with Crippen LogP contribution in [0.25, 0.3) is 0 Å². The Morgan fingerprint density at radius 2 is 2.30 bits per heavy atom. The van der Waals surface area contributed by atoms with Crippen LogP contribution in [-0.2, 0) is 11.3 Å². The fraction of sp³-hybridized carbons (Fsp3) is 0.556. The van der Waals surface area contributed by atoms with Crippen LogP contribution >= 0.6 is 0 Å². The van der Waals surface area contributed by atoms with Crippen LogP contribution < -0.4 is 5.32 Å². The van der Waals surface area contributed by atoms with Crippen molar-refractivity contribution in [3.8, 4) is 0 Å². The molecule has 0 bridgehead atoms. The number of nitrogens with one attached hydrogen (secondary N) is 1. The Morgan fingerprint density at radius 1 is 1.43 bits per heavy atom. The third kappa shape index (κ3) is 3.62. The van der Waals surface area contributed by atoms with Crippen molar-refractivity contribution in [1.82, 2.24) is 20.1 Å². The van der Waals surface area contributed by atoms with E-state index in [0.29, 0.717) is 12.0 Å². The van der Waals surface area contributed by atoms with Crippen molar-refractivity contribution in [3.05, 3.63) is 47.5 Å². The van der Waals surface area contributed by atoms with Gasteiger partial charge in [-0.15, -0.1) is 0 Å². The average molecular weight is 314 g/mol. The van der Waals surface area contributed by atoms with E-state index < -0.39 is 0 Å². The summed E-state index contributed by atoms with van der Waals surface area (Å²) < 4.78 is 7.93. The van der Waals surface area contributed by atoms with Crippen molar-refractivity contribution in [2.75, 3.05) is 13.2 Å². The second kappa shape index (κ2) is 7.23. The molecule has 3 heterocycles. The van der Waals surface area contributed by atoms with Gasteiger partial charge in [0.05, 0.1) is 12.3 Å². The fourth-order valence-corrected chi connectivity index (χ4v) is 3.28. The van der Waals surface area contributed by atoms with Crippen LogP contribution in [0.15, 0.2) is 30.9 Å². The summed E-state index contributed by atoms with van der Waals surface area (Å²) in [5.74, 6) is 0.490. The molecule has 1 unspecified atom stereocenters. The van der Waals surface area contributed by atoms with Crippen LogP contribution in [0.2, 0.25) is 0 Å². The predicted octanol–water partition coefficient (Wildman–Crippen LogP) is 3.03. The summed E-state index contributed by atoms with van der Waals surface area (Å²) in [6.45, 7) is 9.10. The Kier molecular flexibility index (Phi) is 5.08. The van der Waals surface area contributed by atoms with Crippen molar-refractivity contribution >= 4 is 0 Å². The number of hydrogen-bond acceptors (Lipinski definition) is 4. The molecule has 3 rings (SSSR count). The third-order valence-corrected chi connectivity index (χ3v) is 4.75. The number of aryl methyl sites for hydroxylation is 2. The van der Waals surface area contributed by atoms with E-state index in [9.17, 15) is 0 Å². The third-order valence-electron chi connectivity index (χ3n) is 4.75. The summed E-state index contributed by atoms with van der Waals surface area (Å²) in [6.07, 6.45) is 9.11. The first kappa shape index (κ1) is 16.1. The highest BCUT2D eigenvalue weighted by atomic mass is 16.5. The van der Waals surface area contributed by atoms with Crippen LogP contribution in [0, 0.1) is 12.8 Å². The minimum absolute atomic E-state index is 0.157. The molecule has 5 nitrogen and oxygen atoms in total. The maximum atomic E-state index is 5.97. The molecular formula is C18H26N4O. The molecule has 0 saturated carbocycles. The van der Waals surface area contributed by atoms with E-state index in [4.69, 9.17) is 4.74 Å². The summed E-state index contributed by atoms with van der Waals surface area (Å²) in [5, 5.41) is 8.03. The van der Waals surface area contributed by atoms with Crippen LogP contribution in [-0.4, -0.2) is 27.9 Å². The smallest absolute Gasteiger partial charge is 0.0896 e. The second-order valence-electron chi connectivity index (χ2n) is 6.33. The molecule has 3 atom stereocenters. The molecule has 23 heavy (non-hydrogen) atoms. The van der Waals surface area contributed by atoms with Gasteiger partial charge >= 0.3 is 0 Å². The topological polar surface area (TPSA) is 52.0 Å². The van der Waals surface area contributed by atoms with Gasteiger partial charge < -0.3 is 10.1 Å². The Balaban J connectivity index is 1.62. The van der Waals surface area contributed by atoms with Gasteiger partial charge in [0.2, 0.25) is 0 Å². The van der Waals surface area contributed by atoms with Crippen LogP contribution in [0.1, 0.15) is 49.1 Å². The van der Waals surface area contributed by atoms with Crippen LogP contribution in [0.5, 0.6) is 0 Å². The molecule has 0 spiro atoms. The molecular weight excluding hydrogens is 288 g/mol. The average Bonchev–Trinajstić information content (AvgIpc) is 3.21. The largest absolute Gasteiger partial charge is 0.373 e. The van der Waals surface area contributed by atoms with Crippen molar-refractivity contribution in [3.63, 3.8) is 0 Å². The molecule has 1 fully saturated rings. The van der Waals surface area contributed by atoms with Crippen molar-refractivity contribution < 1.29 is 4.74 Å². The molecule has 2 aromatic heterocycles. The number of ether oxygens (including phenoxy) is 1. The van der Waals surface area contributed by atoms with Gasteiger partial charge in [-0.25, -0.2) is 0 Å². The van der Waals surface area contributed by atoms with Crippen LogP contribution in [0.3, 0.4) is 0 Å². The molecule has 124 valence electrons. The highest BCUT2D eigenvalue weighted by Crippen LogP contribution is 2.34. The van der Waals surface area contributed by atoms with E-state index in [0.717, 1.165) is 26.1 Å².